The summed E-state index contributed by atoms with van der Waals surface area (Å²) in [5.41, 5.74) is 6.89. The van der Waals surface area contributed by atoms with Crippen LogP contribution in [0.25, 0.3) is 5.69 Å². The van der Waals surface area contributed by atoms with Crippen LogP contribution in [-0.2, 0) is 11.8 Å². The second-order valence-electron chi connectivity index (χ2n) is 3.15. The van der Waals surface area contributed by atoms with E-state index in [4.69, 9.17) is 15.5 Å². The van der Waals surface area contributed by atoms with Gasteiger partial charge in [0.1, 0.15) is 6.33 Å². The second kappa shape index (κ2) is 4.42. The van der Waals surface area contributed by atoms with Crippen molar-refractivity contribution in [2.45, 2.75) is 0 Å². The number of hydrogen-bond acceptors (Lipinski definition) is 5. The molecule has 9 heteroatoms. The fourth-order valence-electron chi connectivity index (χ4n) is 1.15. The van der Waals surface area contributed by atoms with E-state index >= 15 is 0 Å². The Labute approximate surface area is 102 Å². The van der Waals surface area contributed by atoms with E-state index in [-0.39, 0.29) is 6.01 Å². The van der Waals surface area contributed by atoms with Gasteiger partial charge in [-0.3, -0.25) is 0 Å². The Bertz CT molecular complexity index is 564. The molecule has 0 bridgehead atoms. The molecule has 0 spiro atoms. The van der Waals surface area contributed by atoms with E-state index in [1.807, 2.05) is 0 Å². The first-order valence-corrected chi connectivity index (χ1v) is 7.09. The first-order valence-electron chi connectivity index (χ1n) is 4.47. The van der Waals surface area contributed by atoms with Crippen LogP contribution in [0.3, 0.4) is 0 Å². The summed E-state index contributed by atoms with van der Waals surface area (Å²) in [6.45, 7) is -3.80. The fraction of sp³-hybridized carbons (Fsp3) is 0. The molecule has 0 saturated carbocycles. The molecule has 1 heterocycles. The van der Waals surface area contributed by atoms with E-state index < -0.39 is 6.72 Å². The predicted octanol–water partition coefficient (Wildman–Crippen LogP) is 0.437. The Kier molecular flexibility index (Phi) is 3.12. The van der Waals surface area contributed by atoms with Gasteiger partial charge in [0.25, 0.3) is 0 Å². The van der Waals surface area contributed by atoms with Gasteiger partial charge in [-0.2, -0.15) is 4.98 Å². The summed E-state index contributed by atoms with van der Waals surface area (Å²) in [5, 5.41) is 3.88. The molecule has 0 fully saturated rings. The molecule has 0 amide bonds. The first kappa shape index (κ1) is 12.0. The lowest BCUT2D eigenvalue weighted by Crippen LogP contribution is -1.96. The van der Waals surface area contributed by atoms with Crippen molar-refractivity contribution in [2.75, 3.05) is 5.73 Å². The maximum atomic E-state index is 8.94. The van der Waals surface area contributed by atoms with Gasteiger partial charge in [-0.05, 0) is 24.3 Å². The maximum absolute atomic E-state index is 8.94. The SMILES string of the molecule is Nc1ccc(-n2cnc(OP(O)(O)=S)n2)cc1. The minimum absolute atomic E-state index is 0.185. The summed E-state index contributed by atoms with van der Waals surface area (Å²) in [7, 11) is 0. The number of anilines is 1. The van der Waals surface area contributed by atoms with Crippen LogP contribution in [0.4, 0.5) is 5.69 Å². The van der Waals surface area contributed by atoms with Gasteiger partial charge in [-0.25, -0.2) is 4.68 Å². The second-order valence-corrected chi connectivity index (χ2v) is 5.74. The Morgan fingerprint density at radius 3 is 2.53 bits per heavy atom. The van der Waals surface area contributed by atoms with E-state index in [0.29, 0.717) is 11.4 Å². The van der Waals surface area contributed by atoms with Crippen LogP contribution in [-0.4, -0.2) is 24.6 Å². The number of nitrogen functional groups attached to an aromatic ring is 1. The monoisotopic (exact) mass is 272 g/mol. The fourth-order valence-corrected chi connectivity index (χ4v) is 1.64. The third kappa shape index (κ3) is 3.24. The van der Waals surface area contributed by atoms with Crippen LogP contribution in [0.5, 0.6) is 6.01 Å². The molecule has 0 atom stereocenters. The van der Waals surface area contributed by atoms with E-state index in [1.165, 1.54) is 11.0 Å². The van der Waals surface area contributed by atoms with E-state index in [1.54, 1.807) is 24.3 Å². The number of benzene rings is 1. The normalized spacial score (nSPS) is 11.4. The van der Waals surface area contributed by atoms with Gasteiger partial charge in [-0.1, -0.05) is 0 Å². The molecule has 2 rings (SSSR count). The lowest BCUT2D eigenvalue weighted by atomic mass is 10.3. The van der Waals surface area contributed by atoms with Crippen LogP contribution in [0.2, 0.25) is 0 Å². The van der Waals surface area contributed by atoms with E-state index in [0.717, 1.165) is 0 Å². The summed E-state index contributed by atoms with van der Waals surface area (Å²) in [5.74, 6) is 0. The molecule has 0 aliphatic carbocycles. The van der Waals surface area contributed by atoms with Crippen molar-refractivity contribution in [3.05, 3.63) is 30.6 Å². The lowest BCUT2D eigenvalue weighted by Gasteiger charge is -2.04. The van der Waals surface area contributed by atoms with Crippen LogP contribution < -0.4 is 10.3 Å². The van der Waals surface area contributed by atoms with Crippen molar-refractivity contribution in [1.29, 1.82) is 0 Å². The van der Waals surface area contributed by atoms with Gasteiger partial charge < -0.3 is 20.0 Å². The molecule has 0 aliphatic heterocycles. The van der Waals surface area contributed by atoms with Crippen molar-refractivity contribution in [1.82, 2.24) is 14.8 Å². The largest absolute Gasteiger partial charge is 0.399 e. The summed E-state index contributed by atoms with van der Waals surface area (Å²) < 4.78 is 6.00. The Hall–Kier alpha value is -1.47. The number of nitrogens with two attached hydrogens (primary N) is 1. The average molecular weight is 272 g/mol. The van der Waals surface area contributed by atoms with Gasteiger partial charge in [0, 0.05) is 17.5 Å². The summed E-state index contributed by atoms with van der Waals surface area (Å²) in [6.07, 6.45) is 1.37. The highest BCUT2D eigenvalue weighted by Gasteiger charge is 2.13. The first-order chi connectivity index (χ1) is 7.94. The van der Waals surface area contributed by atoms with E-state index in [9.17, 15) is 0 Å². The molecule has 1 aromatic heterocycles. The van der Waals surface area contributed by atoms with Crippen LogP contribution in [0, 0.1) is 0 Å². The molecular weight excluding hydrogens is 263 g/mol. The Morgan fingerprint density at radius 1 is 1.29 bits per heavy atom. The molecule has 0 unspecified atom stereocenters. The van der Waals surface area contributed by atoms with Crippen molar-refractivity contribution in [3.63, 3.8) is 0 Å². The maximum Gasteiger partial charge on any atom is 0.377 e. The predicted molar refractivity (Wildman–Crippen MR) is 65.1 cm³/mol. The molecule has 7 nitrogen and oxygen atoms in total. The zero-order chi connectivity index (χ0) is 12.5. The van der Waals surface area contributed by atoms with Crippen molar-refractivity contribution >= 4 is 24.2 Å². The van der Waals surface area contributed by atoms with Crippen molar-refractivity contribution in [2.24, 2.45) is 0 Å². The lowest BCUT2D eigenvalue weighted by molar-refractivity contribution is 0.358. The summed E-state index contributed by atoms with van der Waals surface area (Å²) >= 11 is 4.30. The Balaban J connectivity index is 2.24. The molecule has 2 aromatic rings. The minimum Gasteiger partial charge on any atom is -0.399 e. The number of rotatable bonds is 3. The van der Waals surface area contributed by atoms with E-state index in [2.05, 4.69) is 26.4 Å². The standard InChI is InChI=1S/C8H9N4O3PS/c9-6-1-3-7(4-2-6)12-5-10-8(11-12)15-16(13,14)17/h1-5H,9H2,(H2,13,14,17). The van der Waals surface area contributed by atoms with Gasteiger partial charge in [-0.15, -0.1) is 5.10 Å². The zero-order valence-corrected chi connectivity index (χ0v) is 10.2. The highest BCUT2D eigenvalue weighted by Crippen LogP contribution is 2.36. The number of nitrogens with zero attached hydrogens (tertiary/aromatic N) is 3. The molecule has 0 radical (unpaired) electrons. The third-order valence-electron chi connectivity index (χ3n) is 1.83. The van der Waals surface area contributed by atoms with Crippen molar-refractivity contribution in [3.8, 4) is 11.7 Å². The zero-order valence-electron chi connectivity index (χ0n) is 8.46. The van der Waals surface area contributed by atoms with Gasteiger partial charge in [0.05, 0.1) is 5.69 Å². The smallest absolute Gasteiger partial charge is 0.377 e. The van der Waals surface area contributed by atoms with Crippen LogP contribution >= 0.6 is 6.72 Å². The molecule has 1 aromatic carbocycles. The van der Waals surface area contributed by atoms with Crippen LogP contribution in [0.1, 0.15) is 0 Å². The van der Waals surface area contributed by atoms with Crippen LogP contribution in [0.15, 0.2) is 30.6 Å². The number of aromatic nitrogens is 3. The van der Waals surface area contributed by atoms with Crippen molar-refractivity contribution < 1.29 is 14.3 Å². The summed E-state index contributed by atoms with van der Waals surface area (Å²) in [6, 6.07) is 6.71. The molecule has 90 valence electrons. The number of hydrogen-bond donors (Lipinski definition) is 3. The highest BCUT2D eigenvalue weighted by atomic mass is 32.5. The van der Waals surface area contributed by atoms with Gasteiger partial charge >= 0.3 is 12.7 Å². The molecule has 17 heavy (non-hydrogen) atoms. The summed E-state index contributed by atoms with van der Waals surface area (Å²) in [4.78, 5) is 21.6. The van der Waals surface area contributed by atoms with Gasteiger partial charge in [0.15, 0.2) is 0 Å². The molecular formula is C8H9N4O3PS. The molecule has 0 saturated heterocycles. The highest BCUT2D eigenvalue weighted by molar-refractivity contribution is 8.06. The molecule has 0 aliphatic rings. The minimum atomic E-state index is -3.80. The Morgan fingerprint density at radius 2 is 1.94 bits per heavy atom. The van der Waals surface area contributed by atoms with Gasteiger partial charge in [0.2, 0.25) is 0 Å². The topological polar surface area (TPSA) is 106 Å². The molecule has 4 N–H and O–H groups in total. The quantitative estimate of drug-likeness (QED) is 0.549. The third-order valence-corrected chi connectivity index (χ3v) is 2.45. The average Bonchev–Trinajstić information content (AvgIpc) is 2.64.